The summed E-state index contributed by atoms with van der Waals surface area (Å²) in [6.45, 7) is 2.68. The number of carbonyl (C=O) groups excluding carboxylic acids is 1. The van der Waals surface area contributed by atoms with E-state index in [4.69, 9.17) is 4.74 Å². The first-order chi connectivity index (χ1) is 10.5. The summed E-state index contributed by atoms with van der Waals surface area (Å²) in [6, 6.07) is 5.24. The Morgan fingerprint density at radius 3 is 2.95 bits per heavy atom. The molecule has 0 bridgehead atoms. The summed E-state index contributed by atoms with van der Waals surface area (Å²) in [4.78, 5) is 16.3. The van der Waals surface area contributed by atoms with Gasteiger partial charge in [-0.15, -0.1) is 11.3 Å². The van der Waals surface area contributed by atoms with Crippen molar-refractivity contribution in [2.75, 3.05) is 6.61 Å². The van der Waals surface area contributed by atoms with Crippen LogP contribution in [0.4, 0.5) is 0 Å². The van der Waals surface area contributed by atoms with E-state index in [2.05, 4.69) is 9.71 Å². The first-order valence-corrected chi connectivity index (χ1v) is 8.95. The fourth-order valence-corrected chi connectivity index (χ4v) is 4.40. The van der Waals surface area contributed by atoms with Crippen LogP contribution in [0.2, 0.25) is 0 Å². The molecule has 0 unspecified atom stereocenters. The lowest BCUT2D eigenvalue weighted by Crippen LogP contribution is -2.31. The summed E-state index contributed by atoms with van der Waals surface area (Å²) in [5.41, 5.74) is 2.15. The highest BCUT2D eigenvalue weighted by Gasteiger charge is 2.24. The Morgan fingerprint density at radius 2 is 2.23 bits per heavy atom. The molecule has 22 heavy (non-hydrogen) atoms. The lowest BCUT2D eigenvalue weighted by Gasteiger charge is -2.19. The number of nitrogens with one attached hydrogen (secondary N) is 1. The van der Waals surface area contributed by atoms with Gasteiger partial charge in [-0.3, -0.25) is 4.79 Å². The quantitative estimate of drug-likeness (QED) is 0.919. The summed E-state index contributed by atoms with van der Waals surface area (Å²) < 4.78 is 31.9. The van der Waals surface area contributed by atoms with E-state index < -0.39 is 15.9 Å². The second-order valence-electron chi connectivity index (χ2n) is 4.88. The maximum Gasteiger partial charge on any atom is 0.275 e. The molecule has 0 spiro atoms. The van der Waals surface area contributed by atoms with Crippen molar-refractivity contribution in [3.05, 3.63) is 46.1 Å². The fraction of sp³-hybridized carbons (Fsp3) is 0.286. The standard InChI is InChI=1S/C14H14N2O4S2/c1-9-15-7-13(21-9)22(18,19)16-14(17)12-4-2-3-10-8-20-6-5-11(10)12/h2-4,7H,5-6,8H2,1H3,(H,16,17). The van der Waals surface area contributed by atoms with Crippen molar-refractivity contribution in [1.29, 1.82) is 0 Å². The highest BCUT2D eigenvalue weighted by Crippen LogP contribution is 2.22. The molecule has 0 aliphatic carbocycles. The SMILES string of the molecule is Cc1ncc(S(=O)(=O)NC(=O)c2cccc3c2CCOC3)s1. The summed E-state index contributed by atoms with van der Waals surface area (Å²) in [6.07, 6.45) is 1.85. The molecule has 1 amide bonds. The minimum Gasteiger partial charge on any atom is -0.376 e. The molecule has 116 valence electrons. The number of hydrogen-bond acceptors (Lipinski definition) is 6. The number of rotatable bonds is 3. The van der Waals surface area contributed by atoms with Gasteiger partial charge >= 0.3 is 0 Å². The maximum absolute atomic E-state index is 12.4. The number of carbonyl (C=O) groups is 1. The summed E-state index contributed by atoms with van der Waals surface area (Å²) in [5.74, 6) is -0.621. The third-order valence-electron chi connectivity index (χ3n) is 3.36. The lowest BCUT2D eigenvalue weighted by molar-refractivity contribution is 0.0967. The van der Waals surface area contributed by atoms with Crippen LogP contribution in [0.15, 0.2) is 28.6 Å². The lowest BCUT2D eigenvalue weighted by atomic mass is 9.97. The maximum atomic E-state index is 12.4. The van der Waals surface area contributed by atoms with E-state index in [0.29, 0.717) is 30.2 Å². The highest BCUT2D eigenvalue weighted by molar-refractivity contribution is 7.92. The molecule has 1 aromatic carbocycles. The first-order valence-electron chi connectivity index (χ1n) is 6.65. The Morgan fingerprint density at radius 1 is 1.41 bits per heavy atom. The van der Waals surface area contributed by atoms with Crippen LogP contribution >= 0.6 is 11.3 Å². The van der Waals surface area contributed by atoms with Gasteiger partial charge in [-0.1, -0.05) is 12.1 Å². The molecule has 1 N–H and O–H groups in total. The summed E-state index contributed by atoms with van der Waals surface area (Å²) in [5, 5.41) is 0.627. The van der Waals surface area contributed by atoms with E-state index in [0.717, 1.165) is 22.5 Å². The second-order valence-corrected chi connectivity index (χ2v) is 8.02. The predicted octanol–water partition coefficient (Wildman–Crippen LogP) is 1.64. The number of aryl methyl sites for hydroxylation is 1. The molecule has 2 aromatic rings. The topological polar surface area (TPSA) is 85.4 Å². The van der Waals surface area contributed by atoms with Gasteiger partial charge < -0.3 is 4.74 Å². The molecule has 8 heteroatoms. The average molecular weight is 338 g/mol. The van der Waals surface area contributed by atoms with Crippen LogP contribution in [0.1, 0.15) is 26.5 Å². The van der Waals surface area contributed by atoms with E-state index >= 15 is 0 Å². The van der Waals surface area contributed by atoms with Crippen molar-refractivity contribution in [2.45, 2.75) is 24.2 Å². The van der Waals surface area contributed by atoms with Crippen molar-refractivity contribution < 1.29 is 17.9 Å². The van der Waals surface area contributed by atoms with Gasteiger partial charge in [-0.2, -0.15) is 0 Å². The molecule has 0 radical (unpaired) electrons. The summed E-state index contributed by atoms with van der Waals surface area (Å²) in [7, 11) is -3.89. The zero-order chi connectivity index (χ0) is 15.7. The highest BCUT2D eigenvalue weighted by atomic mass is 32.2. The fourth-order valence-electron chi connectivity index (χ4n) is 2.33. The van der Waals surface area contributed by atoms with Crippen LogP contribution < -0.4 is 4.72 Å². The minimum absolute atomic E-state index is 0.0338. The van der Waals surface area contributed by atoms with Gasteiger partial charge in [-0.05, 0) is 30.5 Å². The Bertz CT molecular complexity index is 827. The van der Waals surface area contributed by atoms with Crippen molar-refractivity contribution in [3.63, 3.8) is 0 Å². The number of benzene rings is 1. The second kappa shape index (κ2) is 5.79. The van der Waals surface area contributed by atoms with Crippen molar-refractivity contribution >= 4 is 27.3 Å². The predicted molar refractivity (Wildman–Crippen MR) is 81.3 cm³/mol. The van der Waals surface area contributed by atoms with Crippen LogP contribution in [0, 0.1) is 6.92 Å². The molecule has 0 fully saturated rings. The van der Waals surface area contributed by atoms with Crippen LogP contribution in [-0.4, -0.2) is 25.9 Å². The third-order valence-corrected chi connectivity index (χ3v) is 6.07. The molecule has 2 heterocycles. The molecular weight excluding hydrogens is 324 g/mol. The van der Waals surface area contributed by atoms with Crippen LogP contribution in [-0.2, 0) is 27.8 Å². The molecule has 0 atom stereocenters. The number of fused-ring (bicyclic) bond motifs is 1. The molecule has 1 aliphatic heterocycles. The Balaban J connectivity index is 1.89. The van der Waals surface area contributed by atoms with Gasteiger partial charge in [0, 0.05) is 5.56 Å². The number of thiazole rings is 1. The van der Waals surface area contributed by atoms with Crippen molar-refractivity contribution in [3.8, 4) is 0 Å². The van der Waals surface area contributed by atoms with Crippen molar-refractivity contribution in [2.24, 2.45) is 0 Å². The van der Waals surface area contributed by atoms with E-state index in [9.17, 15) is 13.2 Å². The first kappa shape index (κ1) is 15.1. The van der Waals surface area contributed by atoms with Gasteiger partial charge in [0.25, 0.3) is 15.9 Å². The summed E-state index contributed by atoms with van der Waals surface area (Å²) >= 11 is 1.03. The largest absolute Gasteiger partial charge is 0.376 e. The van der Waals surface area contributed by atoms with Gasteiger partial charge in [-0.25, -0.2) is 18.1 Å². The number of sulfonamides is 1. The van der Waals surface area contributed by atoms with E-state index in [-0.39, 0.29) is 4.21 Å². The molecule has 0 saturated heterocycles. The van der Waals surface area contributed by atoms with Crippen LogP contribution in [0.5, 0.6) is 0 Å². The zero-order valence-electron chi connectivity index (χ0n) is 11.8. The van der Waals surface area contributed by atoms with Gasteiger partial charge in [0.2, 0.25) is 0 Å². The van der Waals surface area contributed by atoms with E-state index in [1.54, 1.807) is 19.1 Å². The Hall–Kier alpha value is -1.77. The zero-order valence-corrected chi connectivity index (χ0v) is 13.5. The molecule has 3 rings (SSSR count). The van der Waals surface area contributed by atoms with Gasteiger partial charge in [0.15, 0.2) is 4.21 Å². The van der Waals surface area contributed by atoms with Crippen molar-refractivity contribution in [1.82, 2.24) is 9.71 Å². The van der Waals surface area contributed by atoms with Gasteiger partial charge in [0.05, 0.1) is 24.4 Å². The monoisotopic (exact) mass is 338 g/mol. The van der Waals surface area contributed by atoms with Crippen LogP contribution in [0.3, 0.4) is 0 Å². The third kappa shape index (κ3) is 2.90. The number of aromatic nitrogens is 1. The van der Waals surface area contributed by atoms with Gasteiger partial charge in [0.1, 0.15) is 0 Å². The Labute approximate surface area is 132 Å². The average Bonchev–Trinajstić information content (AvgIpc) is 2.94. The normalized spacial score (nSPS) is 14.4. The molecule has 0 saturated carbocycles. The molecule has 1 aliphatic rings. The number of amides is 1. The molecule has 1 aromatic heterocycles. The number of nitrogens with zero attached hydrogens (tertiary/aromatic N) is 1. The molecular formula is C14H14N2O4S2. The van der Waals surface area contributed by atoms with E-state index in [1.807, 2.05) is 6.07 Å². The van der Waals surface area contributed by atoms with Crippen LogP contribution in [0.25, 0.3) is 0 Å². The number of ether oxygens (including phenoxy) is 1. The molecule has 6 nitrogen and oxygen atoms in total. The number of hydrogen-bond donors (Lipinski definition) is 1. The minimum atomic E-state index is -3.89. The Kier molecular flexibility index (Phi) is 3.98. The smallest absolute Gasteiger partial charge is 0.275 e. The van der Waals surface area contributed by atoms with E-state index in [1.165, 1.54) is 6.20 Å².